The maximum absolute atomic E-state index is 3.53. The van der Waals surface area contributed by atoms with Crippen LogP contribution in [0.15, 0.2) is 28.7 Å². The summed E-state index contributed by atoms with van der Waals surface area (Å²) < 4.78 is 1.16. The van der Waals surface area contributed by atoms with Crippen molar-refractivity contribution in [3.05, 3.63) is 34.3 Å². The van der Waals surface area contributed by atoms with E-state index in [0.29, 0.717) is 11.5 Å². The molecular weight excluding hydrogens is 274 g/mol. The Hall–Kier alpha value is -0.340. The molecule has 0 amide bonds. The van der Waals surface area contributed by atoms with Crippen molar-refractivity contribution < 1.29 is 0 Å². The fourth-order valence-electron chi connectivity index (χ4n) is 3.22. The number of benzene rings is 1. The zero-order chi connectivity index (χ0) is 12.3. The first-order valence-corrected chi connectivity index (χ1v) is 7.38. The van der Waals surface area contributed by atoms with Crippen molar-refractivity contribution >= 4 is 15.9 Å². The fourth-order valence-corrected chi connectivity index (χ4v) is 3.49. The van der Waals surface area contributed by atoms with Crippen LogP contribution in [0.3, 0.4) is 0 Å². The van der Waals surface area contributed by atoms with Gasteiger partial charge in [0.25, 0.3) is 0 Å². The van der Waals surface area contributed by atoms with E-state index in [1.165, 1.54) is 37.7 Å². The zero-order valence-electron chi connectivity index (χ0n) is 10.8. The number of hydrogen-bond donors (Lipinski definition) is 1. The third-order valence-electron chi connectivity index (χ3n) is 4.18. The van der Waals surface area contributed by atoms with Crippen LogP contribution in [0.25, 0.3) is 0 Å². The average molecular weight is 296 g/mol. The molecule has 1 nitrogen and oxygen atoms in total. The second kappa shape index (κ2) is 5.53. The third kappa shape index (κ3) is 2.92. The van der Waals surface area contributed by atoms with E-state index in [0.717, 1.165) is 4.47 Å². The van der Waals surface area contributed by atoms with Gasteiger partial charge in [0.1, 0.15) is 0 Å². The van der Waals surface area contributed by atoms with Crippen LogP contribution in [0.5, 0.6) is 0 Å². The maximum Gasteiger partial charge on any atom is 0.0372 e. The first-order chi connectivity index (χ1) is 8.15. The van der Waals surface area contributed by atoms with E-state index in [4.69, 9.17) is 0 Å². The molecule has 0 spiro atoms. The van der Waals surface area contributed by atoms with Crippen LogP contribution < -0.4 is 5.32 Å². The Morgan fingerprint density at radius 3 is 2.24 bits per heavy atom. The van der Waals surface area contributed by atoms with Gasteiger partial charge in [-0.2, -0.15) is 0 Å². The van der Waals surface area contributed by atoms with E-state index >= 15 is 0 Å². The third-order valence-corrected chi connectivity index (χ3v) is 4.71. The lowest BCUT2D eigenvalue weighted by atomic mass is 9.68. The number of nitrogens with one attached hydrogen (secondary N) is 1. The van der Waals surface area contributed by atoms with Crippen LogP contribution in [0.4, 0.5) is 0 Å². The van der Waals surface area contributed by atoms with Gasteiger partial charge in [-0.15, -0.1) is 0 Å². The highest BCUT2D eigenvalue weighted by atomic mass is 79.9. The quantitative estimate of drug-likeness (QED) is 0.854. The molecule has 1 aliphatic rings. The van der Waals surface area contributed by atoms with Crippen LogP contribution in [0, 0.1) is 5.41 Å². The summed E-state index contributed by atoms with van der Waals surface area (Å²) in [5.41, 5.74) is 1.83. The predicted octanol–water partition coefficient (Wildman–Crippen LogP) is 4.68. The van der Waals surface area contributed by atoms with E-state index in [1.54, 1.807) is 0 Å². The fraction of sp³-hybridized carbons (Fsp3) is 0.600. The highest BCUT2D eigenvalue weighted by molar-refractivity contribution is 9.10. The number of halogens is 1. The van der Waals surface area contributed by atoms with Crippen molar-refractivity contribution in [2.75, 3.05) is 7.05 Å². The summed E-state index contributed by atoms with van der Waals surface area (Å²) in [4.78, 5) is 0. The monoisotopic (exact) mass is 295 g/mol. The Morgan fingerprint density at radius 1 is 1.12 bits per heavy atom. The molecule has 0 aromatic heterocycles. The molecule has 0 saturated heterocycles. The van der Waals surface area contributed by atoms with E-state index in [2.05, 4.69) is 59.5 Å². The molecule has 17 heavy (non-hydrogen) atoms. The van der Waals surface area contributed by atoms with Gasteiger partial charge < -0.3 is 5.32 Å². The Labute approximate surface area is 113 Å². The molecule has 2 rings (SSSR count). The van der Waals surface area contributed by atoms with Gasteiger partial charge in [0, 0.05) is 10.5 Å². The van der Waals surface area contributed by atoms with Crippen LogP contribution >= 0.6 is 15.9 Å². The zero-order valence-corrected chi connectivity index (χ0v) is 12.4. The Bertz CT molecular complexity index is 352. The molecule has 1 N–H and O–H groups in total. The van der Waals surface area contributed by atoms with E-state index < -0.39 is 0 Å². The van der Waals surface area contributed by atoms with Crippen molar-refractivity contribution in [3.63, 3.8) is 0 Å². The molecule has 0 radical (unpaired) electrons. The van der Waals surface area contributed by atoms with Crippen molar-refractivity contribution in [2.45, 2.75) is 45.1 Å². The first-order valence-electron chi connectivity index (χ1n) is 6.58. The van der Waals surface area contributed by atoms with Crippen molar-refractivity contribution in [3.8, 4) is 0 Å². The molecule has 1 unspecified atom stereocenters. The first kappa shape index (κ1) is 13.1. The molecule has 1 saturated carbocycles. The van der Waals surface area contributed by atoms with Gasteiger partial charge >= 0.3 is 0 Å². The van der Waals surface area contributed by atoms with Crippen molar-refractivity contribution in [2.24, 2.45) is 5.41 Å². The second-order valence-corrected chi connectivity index (χ2v) is 6.40. The SMILES string of the molecule is CNC(c1ccc(Br)cc1)C1(C)CCCCC1. The largest absolute Gasteiger partial charge is 0.313 e. The van der Waals surface area contributed by atoms with E-state index in [9.17, 15) is 0 Å². The van der Waals surface area contributed by atoms with Crippen molar-refractivity contribution in [1.82, 2.24) is 5.32 Å². The molecule has 0 bridgehead atoms. The summed E-state index contributed by atoms with van der Waals surface area (Å²) in [6.45, 7) is 2.44. The van der Waals surface area contributed by atoms with Gasteiger partial charge in [-0.05, 0) is 43.0 Å². The Kier molecular flexibility index (Phi) is 4.26. The lowest BCUT2D eigenvalue weighted by Gasteiger charge is -2.41. The summed E-state index contributed by atoms with van der Waals surface area (Å²) in [5.74, 6) is 0. The minimum Gasteiger partial charge on any atom is -0.313 e. The lowest BCUT2D eigenvalue weighted by molar-refractivity contribution is 0.150. The van der Waals surface area contributed by atoms with Crippen LogP contribution in [-0.4, -0.2) is 7.05 Å². The van der Waals surface area contributed by atoms with Gasteiger partial charge in [0.05, 0.1) is 0 Å². The molecule has 0 aliphatic heterocycles. The van der Waals surface area contributed by atoms with Crippen LogP contribution in [-0.2, 0) is 0 Å². The smallest absolute Gasteiger partial charge is 0.0372 e. The minimum atomic E-state index is 0.417. The highest BCUT2D eigenvalue weighted by Gasteiger charge is 2.35. The van der Waals surface area contributed by atoms with Gasteiger partial charge in [0.2, 0.25) is 0 Å². The van der Waals surface area contributed by atoms with Crippen LogP contribution in [0.2, 0.25) is 0 Å². The molecule has 1 atom stereocenters. The standard InChI is InChI=1S/C15H22BrN/c1-15(10-4-3-5-11-15)14(17-2)12-6-8-13(16)9-7-12/h6-9,14,17H,3-5,10-11H2,1-2H3. The Morgan fingerprint density at radius 2 is 1.71 bits per heavy atom. The topological polar surface area (TPSA) is 12.0 Å². The molecule has 0 heterocycles. The molecule has 1 fully saturated rings. The minimum absolute atomic E-state index is 0.417. The highest BCUT2D eigenvalue weighted by Crippen LogP contribution is 2.45. The summed E-state index contributed by atoms with van der Waals surface area (Å²) in [6.07, 6.45) is 6.85. The maximum atomic E-state index is 3.53. The predicted molar refractivity (Wildman–Crippen MR) is 77.1 cm³/mol. The molecule has 2 heteroatoms. The lowest BCUT2D eigenvalue weighted by Crippen LogP contribution is -2.36. The van der Waals surface area contributed by atoms with Gasteiger partial charge in [-0.25, -0.2) is 0 Å². The summed E-state index contributed by atoms with van der Waals surface area (Å²) in [7, 11) is 2.09. The molecule has 1 aromatic carbocycles. The Balaban J connectivity index is 2.22. The van der Waals surface area contributed by atoms with Gasteiger partial charge in [-0.3, -0.25) is 0 Å². The van der Waals surface area contributed by atoms with Crippen molar-refractivity contribution in [1.29, 1.82) is 0 Å². The normalized spacial score (nSPS) is 21.1. The molecule has 94 valence electrons. The summed E-state index contributed by atoms with van der Waals surface area (Å²) in [6, 6.07) is 9.25. The average Bonchev–Trinajstić information content (AvgIpc) is 2.33. The second-order valence-electron chi connectivity index (χ2n) is 5.49. The summed E-state index contributed by atoms with van der Waals surface area (Å²) >= 11 is 3.51. The van der Waals surface area contributed by atoms with Gasteiger partial charge in [-0.1, -0.05) is 54.2 Å². The molecule has 1 aromatic rings. The van der Waals surface area contributed by atoms with E-state index in [1.807, 2.05) is 0 Å². The molecule has 1 aliphatic carbocycles. The summed E-state index contributed by atoms with van der Waals surface area (Å²) in [5, 5.41) is 3.53. The molecular formula is C15H22BrN. The number of rotatable bonds is 3. The van der Waals surface area contributed by atoms with Gasteiger partial charge in [0.15, 0.2) is 0 Å². The van der Waals surface area contributed by atoms with Crippen LogP contribution in [0.1, 0.15) is 50.6 Å². The van der Waals surface area contributed by atoms with E-state index in [-0.39, 0.29) is 0 Å². The number of hydrogen-bond acceptors (Lipinski definition) is 1.